The summed E-state index contributed by atoms with van der Waals surface area (Å²) in [7, 11) is 0. The number of nitrogen functional groups attached to an aromatic ring is 1. The van der Waals surface area contributed by atoms with Gasteiger partial charge in [-0.3, -0.25) is 4.90 Å². The molecule has 3 aromatic rings. The van der Waals surface area contributed by atoms with Crippen LogP contribution in [-0.2, 0) is 13.0 Å². The lowest BCUT2D eigenvalue weighted by atomic mass is 10.0. The molecule has 0 atom stereocenters. The number of halogens is 3. The number of H-pyrrole nitrogens is 1. The van der Waals surface area contributed by atoms with Crippen LogP contribution in [0.5, 0.6) is 0 Å². The smallest absolute Gasteiger partial charge is 0.246 e. The average Bonchev–Trinajstić information content (AvgIpc) is 3.20. The molecule has 0 aliphatic carbocycles. The molecule has 3 N–H and O–H groups in total. The topological polar surface area (TPSA) is 74.1 Å². The van der Waals surface area contributed by atoms with E-state index in [1.807, 2.05) is 30.3 Å². The van der Waals surface area contributed by atoms with Gasteiger partial charge in [-0.05, 0) is 54.7 Å². The van der Waals surface area contributed by atoms with Crippen LogP contribution in [0.25, 0.3) is 0 Å². The maximum atomic E-state index is 6.49. The highest BCUT2D eigenvalue weighted by atomic mass is 35.5. The summed E-state index contributed by atoms with van der Waals surface area (Å²) in [5.74, 6) is 1.02. The van der Waals surface area contributed by atoms with Crippen LogP contribution >= 0.6 is 34.8 Å². The van der Waals surface area contributed by atoms with Crippen LogP contribution in [-0.4, -0.2) is 45.8 Å². The van der Waals surface area contributed by atoms with Crippen molar-refractivity contribution in [3.63, 3.8) is 0 Å². The number of nitrogens with two attached hydrogens (primary N) is 1. The normalized spacial score (nSPS) is 15.0. The quantitative estimate of drug-likeness (QED) is 0.495. The first kappa shape index (κ1) is 22.2. The van der Waals surface area contributed by atoms with E-state index in [9.17, 15) is 0 Å². The fourth-order valence-corrected chi connectivity index (χ4v) is 4.61. The predicted octanol–water partition coefficient (Wildman–Crippen LogP) is 5.06. The van der Waals surface area contributed by atoms with Crippen LogP contribution in [0.4, 0.5) is 11.9 Å². The summed E-state index contributed by atoms with van der Waals surface area (Å²) in [6.07, 6.45) is 2.97. The zero-order chi connectivity index (χ0) is 21.8. The average molecular weight is 480 g/mol. The Hall–Kier alpha value is -1.99. The van der Waals surface area contributed by atoms with E-state index in [4.69, 9.17) is 40.5 Å². The van der Waals surface area contributed by atoms with E-state index in [0.29, 0.717) is 28.0 Å². The van der Waals surface area contributed by atoms with Gasteiger partial charge in [0.2, 0.25) is 11.9 Å². The Balaban J connectivity index is 1.45. The van der Waals surface area contributed by atoms with E-state index >= 15 is 0 Å². The predicted molar refractivity (Wildman–Crippen MR) is 128 cm³/mol. The fraction of sp³-hybridized carbons (Fsp3) is 0.364. The molecule has 2 heterocycles. The molecule has 0 unspecified atom stereocenters. The summed E-state index contributed by atoms with van der Waals surface area (Å²) in [5, 5.41) is 9.02. The fourth-order valence-electron chi connectivity index (χ4n) is 4.02. The summed E-state index contributed by atoms with van der Waals surface area (Å²) in [6.45, 7) is 3.47. The lowest BCUT2D eigenvalue weighted by molar-refractivity contribution is 0.162. The summed E-state index contributed by atoms with van der Waals surface area (Å²) in [4.78, 5) is 8.96. The highest BCUT2D eigenvalue weighted by Crippen LogP contribution is 2.26. The third-order valence-electron chi connectivity index (χ3n) is 5.74. The van der Waals surface area contributed by atoms with Gasteiger partial charge in [-0.2, -0.15) is 4.98 Å². The van der Waals surface area contributed by atoms with Crippen LogP contribution in [0.2, 0.25) is 15.1 Å². The number of hydrogen-bond donors (Lipinski definition) is 2. The molecule has 1 fully saturated rings. The summed E-state index contributed by atoms with van der Waals surface area (Å²) in [6, 6.07) is 14.2. The number of anilines is 2. The SMILES string of the molecule is Nc1nc(N2CCC(N(CCc3ccc(Cl)cc3)Cc3ccc(Cl)cc3Cl)CC2)n[nH]1. The minimum atomic E-state index is 0.346. The molecule has 1 aliphatic rings. The summed E-state index contributed by atoms with van der Waals surface area (Å²) < 4.78 is 0. The molecule has 4 rings (SSSR count). The highest BCUT2D eigenvalue weighted by Gasteiger charge is 2.26. The number of rotatable bonds is 7. The van der Waals surface area contributed by atoms with E-state index < -0.39 is 0 Å². The number of nitrogens with one attached hydrogen (secondary N) is 1. The molecule has 0 bridgehead atoms. The van der Waals surface area contributed by atoms with Gasteiger partial charge in [0, 0.05) is 47.3 Å². The van der Waals surface area contributed by atoms with Gasteiger partial charge in [0.15, 0.2) is 0 Å². The van der Waals surface area contributed by atoms with Crippen LogP contribution in [0, 0.1) is 0 Å². The first-order valence-corrected chi connectivity index (χ1v) is 11.5. The molecule has 1 aromatic heterocycles. The van der Waals surface area contributed by atoms with Gasteiger partial charge in [0.1, 0.15) is 0 Å². The van der Waals surface area contributed by atoms with Crippen molar-refractivity contribution in [1.29, 1.82) is 0 Å². The zero-order valence-electron chi connectivity index (χ0n) is 17.1. The third-order valence-corrected chi connectivity index (χ3v) is 6.58. The van der Waals surface area contributed by atoms with E-state index in [1.165, 1.54) is 5.56 Å². The van der Waals surface area contributed by atoms with Gasteiger partial charge in [0.25, 0.3) is 0 Å². The monoisotopic (exact) mass is 478 g/mol. The summed E-state index contributed by atoms with van der Waals surface area (Å²) in [5.41, 5.74) is 8.04. The van der Waals surface area contributed by atoms with Gasteiger partial charge in [0.05, 0.1) is 0 Å². The maximum absolute atomic E-state index is 6.49. The van der Waals surface area contributed by atoms with Gasteiger partial charge in [-0.1, -0.05) is 53.0 Å². The molecular formula is C22H25Cl3N6. The van der Waals surface area contributed by atoms with Crippen LogP contribution in [0.1, 0.15) is 24.0 Å². The first-order valence-electron chi connectivity index (χ1n) is 10.3. The Morgan fingerprint density at radius 1 is 1.03 bits per heavy atom. The molecule has 0 amide bonds. The molecular weight excluding hydrogens is 455 g/mol. The van der Waals surface area contributed by atoms with Crippen LogP contribution in [0.15, 0.2) is 42.5 Å². The van der Waals surface area contributed by atoms with Crippen molar-refractivity contribution in [2.24, 2.45) is 0 Å². The van der Waals surface area contributed by atoms with E-state index in [1.54, 1.807) is 0 Å². The molecule has 31 heavy (non-hydrogen) atoms. The van der Waals surface area contributed by atoms with Crippen LogP contribution < -0.4 is 10.6 Å². The molecule has 2 aromatic carbocycles. The number of aromatic amines is 1. The molecule has 0 radical (unpaired) electrons. The lowest BCUT2D eigenvalue weighted by Gasteiger charge is -2.38. The lowest BCUT2D eigenvalue weighted by Crippen LogP contribution is -2.45. The van der Waals surface area contributed by atoms with Crippen molar-refractivity contribution in [2.45, 2.75) is 31.8 Å². The van der Waals surface area contributed by atoms with Crippen molar-refractivity contribution in [1.82, 2.24) is 20.1 Å². The highest BCUT2D eigenvalue weighted by molar-refractivity contribution is 6.35. The molecule has 6 nitrogen and oxygen atoms in total. The number of piperidine rings is 1. The van der Waals surface area contributed by atoms with Gasteiger partial charge >= 0.3 is 0 Å². The molecule has 0 saturated carbocycles. The van der Waals surface area contributed by atoms with Gasteiger partial charge in [-0.15, -0.1) is 5.10 Å². The molecule has 164 valence electrons. The number of benzene rings is 2. The van der Waals surface area contributed by atoms with Crippen molar-refractivity contribution in [3.05, 3.63) is 68.7 Å². The minimum Gasteiger partial charge on any atom is -0.368 e. The number of hydrogen-bond acceptors (Lipinski definition) is 5. The van der Waals surface area contributed by atoms with Gasteiger partial charge < -0.3 is 10.6 Å². The third kappa shape index (κ3) is 5.83. The Morgan fingerprint density at radius 3 is 2.39 bits per heavy atom. The number of nitrogens with zero attached hydrogens (tertiary/aromatic N) is 4. The molecule has 0 spiro atoms. The maximum Gasteiger partial charge on any atom is 0.246 e. The van der Waals surface area contributed by atoms with Crippen LogP contribution in [0.3, 0.4) is 0 Å². The Morgan fingerprint density at radius 2 is 1.74 bits per heavy atom. The Kier molecular flexibility index (Phi) is 7.23. The van der Waals surface area contributed by atoms with Crippen molar-refractivity contribution in [2.75, 3.05) is 30.3 Å². The first-order chi connectivity index (χ1) is 15.0. The zero-order valence-corrected chi connectivity index (χ0v) is 19.3. The largest absolute Gasteiger partial charge is 0.368 e. The van der Waals surface area contributed by atoms with Gasteiger partial charge in [-0.25, -0.2) is 5.10 Å². The molecule has 1 saturated heterocycles. The second kappa shape index (κ2) is 10.1. The molecule has 1 aliphatic heterocycles. The van der Waals surface area contributed by atoms with Crippen molar-refractivity contribution < 1.29 is 0 Å². The van der Waals surface area contributed by atoms with E-state index in [-0.39, 0.29) is 0 Å². The number of aromatic nitrogens is 3. The second-order valence-electron chi connectivity index (χ2n) is 7.82. The molecule has 9 heteroatoms. The van der Waals surface area contributed by atoms with Crippen molar-refractivity contribution in [3.8, 4) is 0 Å². The second-order valence-corrected chi connectivity index (χ2v) is 9.10. The Bertz CT molecular complexity index is 999. The van der Waals surface area contributed by atoms with Crippen molar-refractivity contribution >= 4 is 46.7 Å². The minimum absolute atomic E-state index is 0.346. The standard InChI is InChI=1S/C22H25Cl3N6/c23-17-4-1-15(2-5-17)7-10-31(14-16-3-6-18(24)13-20(16)25)19-8-11-30(12-9-19)22-27-21(26)28-29-22/h1-6,13,19H,7-12,14H2,(H3,26,27,28,29). The van der Waals surface area contributed by atoms with E-state index in [0.717, 1.165) is 56.0 Å². The van der Waals surface area contributed by atoms with E-state index in [2.05, 4.69) is 37.1 Å². The Labute approximate surface area is 197 Å². The summed E-state index contributed by atoms with van der Waals surface area (Å²) >= 11 is 18.6.